The topological polar surface area (TPSA) is 122 Å². The first kappa shape index (κ1) is 37.9. The number of fused-ring (bicyclic) bond motifs is 7. The summed E-state index contributed by atoms with van der Waals surface area (Å²) in [5.74, 6) is 0.674. The molecule has 5 saturated carbocycles. The summed E-state index contributed by atoms with van der Waals surface area (Å²) >= 11 is 0. The van der Waals surface area contributed by atoms with E-state index in [1.807, 2.05) is 13.8 Å². The maximum atomic E-state index is 14.4. The quantitative estimate of drug-likeness (QED) is 0.160. The molecule has 8 nitrogen and oxygen atoms in total. The van der Waals surface area contributed by atoms with E-state index in [9.17, 15) is 24.3 Å². The standard InChI is InChI=1S/C41H66N2O6/c1-24(2)23-29(35(46)47)43-33(45)16-22-42-36(48)41-19-13-27(25(3)4)34(41)28-11-12-31-38(8)17-15-32(49-26(5)44)37(6,7)30(38)14-18-40(31,10)39(28,9)20-21-41/h24,27-32,34H,3,11-23H2,1-2,4-10H3,(H,42,48)(H,43,45)(H,46,47)/t27-,28+,29-,30-,31+,32-,34+,38-,39+,40+,41-/m0/s1. The molecule has 49 heavy (non-hydrogen) atoms. The van der Waals surface area contributed by atoms with Crippen molar-refractivity contribution in [1.82, 2.24) is 10.6 Å². The summed E-state index contributed by atoms with van der Waals surface area (Å²) in [6.45, 7) is 24.6. The summed E-state index contributed by atoms with van der Waals surface area (Å²) < 4.78 is 5.93. The Morgan fingerprint density at radius 1 is 0.857 bits per heavy atom. The molecule has 11 atom stereocenters. The van der Waals surface area contributed by atoms with Crippen molar-refractivity contribution in [2.75, 3.05) is 6.54 Å². The number of rotatable bonds is 10. The Kier molecular flexibility index (Phi) is 10.3. The second kappa shape index (κ2) is 13.3. The van der Waals surface area contributed by atoms with E-state index >= 15 is 0 Å². The average molecular weight is 683 g/mol. The first-order chi connectivity index (χ1) is 22.7. The molecule has 0 aromatic carbocycles. The Morgan fingerprint density at radius 3 is 2.16 bits per heavy atom. The van der Waals surface area contributed by atoms with Crippen molar-refractivity contribution in [3.8, 4) is 0 Å². The van der Waals surface area contributed by atoms with Crippen LogP contribution in [0.25, 0.3) is 0 Å². The fraction of sp³-hybridized carbons (Fsp3) is 0.854. The molecule has 0 aromatic heterocycles. The lowest BCUT2D eigenvalue weighted by molar-refractivity contribution is -0.248. The Morgan fingerprint density at radius 2 is 1.55 bits per heavy atom. The highest BCUT2D eigenvalue weighted by molar-refractivity contribution is 5.86. The third-order valence-corrected chi connectivity index (χ3v) is 15.7. The molecule has 0 heterocycles. The van der Waals surface area contributed by atoms with Crippen LogP contribution in [0.2, 0.25) is 0 Å². The molecular formula is C41H66N2O6. The number of esters is 1. The summed E-state index contributed by atoms with van der Waals surface area (Å²) in [5, 5.41) is 15.4. The Labute approximate surface area is 295 Å². The Balaban J connectivity index is 1.36. The number of hydrogen-bond acceptors (Lipinski definition) is 5. The van der Waals surface area contributed by atoms with Crippen LogP contribution in [0.5, 0.6) is 0 Å². The number of carbonyl (C=O) groups excluding carboxylic acids is 3. The van der Waals surface area contributed by atoms with Gasteiger partial charge in [-0.05, 0) is 129 Å². The average Bonchev–Trinajstić information content (AvgIpc) is 3.39. The Hall–Kier alpha value is -2.38. The highest BCUT2D eigenvalue weighted by atomic mass is 16.5. The van der Waals surface area contributed by atoms with Gasteiger partial charge in [0.1, 0.15) is 12.1 Å². The molecule has 8 heteroatoms. The van der Waals surface area contributed by atoms with E-state index in [0.717, 1.165) is 64.2 Å². The summed E-state index contributed by atoms with van der Waals surface area (Å²) in [5.41, 5.74) is 1.04. The van der Waals surface area contributed by atoms with Gasteiger partial charge in [-0.3, -0.25) is 14.4 Å². The zero-order valence-electron chi connectivity index (χ0n) is 32.0. The molecule has 0 aliphatic heterocycles. The second-order valence-electron chi connectivity index (χ2n) is 18.9. The number of allylic oxidation sites excluding steroid dienone is 1. The van der Waals surface area contributed by atoms with Crippen molar-refractivity contribution in [1.29, 1.82) is 0 Å². The fourth-order valence-corrected chi connectivity index (χ4v) is 13.3. The van der Waals surface area contributed by atoms with Crippen LogP contribution in [0.15, 0.2) is 12.2 Å². The molecular weight excluding hydrogens is 616 g/mol. The number of aliphatic carboxylic acids is 1. The summed E-state index contributed by atoms with van der Waals surface area (Å²) in [6, 6.07) is -0.919. The molecule has 0 spiro atoms. The first-order valence-corrected chi connectivity index (χ1v) is 19.4. The highest BCUT2D eigenvalue weighted by Gasteiger charge is 2.72. The van der Waals surface area contributed by atoms with Crippen LogP contribution in [-0.4, -0.2) is 47.6 Å². The zero-order valence-corrected chi connectivity index (χ0v) is 32.0. The van der Waals surface area contributed by atoms with Crippen LogP contribution in [0, 0.1) is 62.6 Å². The smallest absolute Gasteiger partial charge is 0.326 e. The van der Waals surface area contributed by atoms with Gasteiger partial charge in [-0.15, -0.1) is 0 Å². The summed E-state index contributed by atoms with van der Waals surface area (Å²) in [7, 11) is 0. The van der Waals surface area contributed by atoms with Crippen LogP contribution in [0.3, 0.4) is 0 Å². The number of hydrogen-bond donors (Lipinski definition) is 3. The number of carbonyl (C=O) groups is 4. The van der Waals surface area contributed by atoms with Gasteiger partial charge in [0, 0.05) is 25.3 Å². The molecule has 5 aliphatic rings. The molecule has 0 bridgehead atoms. The molecule has 0 unspecified atom stereocenters. The van der Waals surface area contributed by atoms with Crippen LogP contribution in [0.4, 0.5) is 0 Å². The van der Waals surface area contributed by atoms with Crippen LogP contribution in [-0.2, 0) is 23.9 Å². The Bertz CT molecular complexity index is 1340. The van der Waals surface area contributed by atoms with E-state index in [0.29, 0.717) is 30.1 Å². The third kappa shape index (κ3) is 6.17. The molecule has 0 aromatic rings. The SMILES string of the molecule is C=C(C)[C@@H]1CC[C@]2(C(=O)NCCC(=O)N[C@@H](CC(C)C)C(=O)O)CC[C@]3(C)[C@H](CC[C@@H]4[C@@]5(C)CC[C@H](OC(C)=O)C(C)(C)[C@@H]5CC[C@]43C)[C@@H]12. The van der Waals surface area contributed by atoms with Crippen molar-refractivity contribution in [2.45, 2.75) is 152 Å². The van der Waals surface area contributed by atoms with Gasteiger partial charge in [-0.25, -0.2) is 4.79 Å². The summed E-state index contributed by atoms with van der Waals surface area (Å²) in [4.78, 5) is 50.8. The van der Waals surface area contributed by atoms with Crippen molar-refractivity contribution < 1.29 is 29.0 Å². The summed E-state index contributed by atoms with van der Waals surface area (Å²) in [6.07, 6.45) is 10.7. The van der Waals surface area contributed by atoms with Crippen molar-refractivity contribution >= 4 is 23.8 Å². The van der Waals surface area contributed by atoms with Crippen molar-refractivity contribution in [3.05, 3.63) is 12.2 Å². The molecule has 5 aliphatic carbocycles. The number of amides is 2. The van der Waals surface area contributed by atoms with Gasteiger partial charge in [0.05, 0.1) is 5.41 Å². The minimum absolute atomic E-state index is 0.0345. The minimum atomic E-state index is -1.03. The van der Waals surface area contributed by atoms with E-state index in [1.165, 1.54) is 12.5 Å². The predicted octanol–water partition coefficient (Wildman–Crippen LogP) is 7.70. The van der Waals surface area contributed by atoms with Crippen molar-refractivity contribution in [3.63, 3.8) is 0 Å². The van der Waals surface area contributed by atoms with E-state index < -0.39 is 17.4 Å². The molecule has 276 valence electrons. The number of nitrogens with one attached hydrogen (secondary N) is 2. The molecule has 2 amide bonds. The van der Waals surface area contributed by atoms with E-state index in [4.69, 9.17) is 4.74 Å². The largest absolute Gasteiger partial charge is 0.480 e. The monoisotopic (exact) mass is 682 g/mol. The lowest BCUT2D eigenvalue weighted by Gasteiger charge is -2.72. The van der Waals surface area contributed by atoms with Gasteiger partial charge in [0.2, 0.25) is 11.8 Å². The molecule has 3 N–H and O–H groups in total. The van der Waals surface area contributed by atoms with Crippen molar-refractivity contribution in [2.24, 2.45) is 62.6 Å². The lowest BCUT2D eigenvalue weighted by Crippen LogP contribution is -2.67. The molecule has 5 fully saturated rings. The van der Waals surface area contributed by atoms with E-state index in [-0.39, 0.29) is 70.3 Å². The second-order valence-corrected chi connectivity index (χ2v) is 18.9. The van der Waals surface area contributed by atoms with Crippen LogP contribution >= 0.6 is 0 Å². The van der Waals surface area contributed by atoms with Gasteiger partial charge >= 0.3 is 11.9 Å². The van der Waals surface area contributed by atoms with Gasteiger partial charge in [0.25, 0.3) is 0 Å². The van der Waals surface area contributed by atoms with E-state index in [1.54, 1.807) is 0 Å². The minimum Gasteiger partial charge on any atom is -0.480 e. The number of carboxylic acid groups (broad SMARTS) is 1. The molecule has 0 radical (unpaired) electrons. The zero-order chi connectivity index (χ0) is 36.3. The van der Waals surface area contributed by atoms with Crippen LogP contribution < -0.4 is 10.6 Å². The van der Waals surface area contributed by atoms with Gasteiger partial charge in [0.15, 0.2) is 0 Å². The first-order valence-electron chi connectivity index (χ1n) is 19.4. The molecule has 0 saturated heterocycles. The normalized spacial score (nSPS) is 41.3. The van der Waals surface area contributed by atoms with Crippen LogP contribution in [0.1, 0.15) is 139 Å². The lowest BCUT2D eigenvalue weighted by atomic mass is 9.32. The molecule has 5 rings (SSSR count). The maximum Gasteiger partial charge on any atom is 0.326 e. The predicted molar refractivity (Wildman–Crippen MR) is 191 cm³/mol. The third-order valence-electron chi connectivity index (χ3n) is 15.7. The number of carboxylic acids is 1. The highest BCUT2D eigenvalue weighted by Crippen LogP contribution is 2.77. The fourth-order valence-electron chi connectivity index (χ4n) is 13.3. The van der Waals surface area contributed by atoms with E-state index in [2.05, 4.69) is 58.8 Å². The van der Waals surface area contributed by atoms with Gasteiger partial charge in [-0.1, -0.05) is 60.6 Å². The maximum absolute atomic E-state index is 14.4. The van der Waals surface area contributed by atoms with Gasteiger partial charge in [-0.2, -0.15) is 0 Å². The van der Waals surface area contributed by atoms with Gasteiger partial charge < -0.3 is 20.5 Å². The number of ether oxygens (including phenoxy) is 1.